The maximum Gasteiger partial charge on any atom is 0.306 e. The van der Waals surface area contributed by atoms with Crippen molar-refractivity contribution in [2.24, 2.45) is 5.92 Å². The SMILES string of the molecule is CCCCCCCCC(CC)CCCCCCCN(CCCCCCCC(=O)OC(CCCCCCCC)CCCCCCCC)CCCNc1c(NC)c(=O)c1=O.O=CO. The van der Waals surface area contributed by atoms with E-state index in [4.69, 9.17) is 14.6 Å². The predicted octanol–water partition coefficient (Wildman–Crippen LogP) is 14.0. The van der Waals surface area contributed by atoms with E-state index >= 15 is 0 Å². The molecule has 0 amide bonds. The van der Waals surface area contributed by atoms with Crippen LogP contribution in [-0.2, 0) is 14.3 Å². The Morgan fingerprint density at radius 3 is 1.38 bits per heavy atom. The van der Waals surface area contributed by atoms with Gasteiger partial charge in [-0.1, -0.05) is 195 Å². The predicted molar refractivity (Wildman–Crippen MR) is 262 cm³/mol. The van der Waals surface area contributed by atoms with Crippen LogP contribution in [0.5, 0.6) is 0 Å². The lowest BCUT2D eigenvalue weighted by molar-refractivity contribution is -0.150. The first-order valence-electron chi connectivity index (χ1n) is 26.1. The fraction of sp³-hybridized carbons (Fsp3) is 0.885. The van der Waals surface area contributed by atoms with E-state index < -0.39 is 10.9 Å². The highest BCUT2D eigenvalue weighted by atomic mass is 16.5. The normalized spacial score (nSPS) is 11.9. The number of nitrogens with one attached hydrogen (secondary N) is 2. The number of carbonyl (C=O) groups excluding carboxylic acids is 1. The molecule has 1 aromatic rings. The molecular weight excluding hydrogens is 763 g/mol. The quantitative estimate of drug-likeness (QED) is 0.0254. The van der Waals surface area contributed by atoms with Crippen LogP contribution in [0, 0.1) is 5.92 Å². The average Bonchev–Trinajstić information content (AvgIpc) is 3.26. The maximum atomic E-state index is 12.9. The molecule has 0 aliphatic rings. The molecule has 3 N–H and O–H groups in total. The van der Waals surface area contributed by atoms with Gasteiger partial charge < -0.3 is 25.4 Å². The third-order valence-electron chi connectivity index (χ3n) is 12.7. The van der Waals surface area contributed by atoms with E-state index in [1.54, 1.807) is 7.05 Å². The zero-order chi connectivity index (χ0) is 45.0. The minimum absolute atomic E-state index is 0.0191. The van der Waals surface area contributed by atoms with E-state index in [9.17, 15) is 14.4 Å². The van der Waals surface area contributed by atoms with Crippen LogP contribution in [0.3, 0.4) is 0 Å². The van der Waals surface area contributed by atoms with Crippen LogP contribution < -0.4 is 21.5 Å². The van der Waals surface area contributed by atoms with E-state index in [2.05, 4.69) is 43.2 Å². The zero-order valence-corrected chi connectivity index (χ0v) is 40.7. The Balaban J connectivity index is 0.0000116. The Morgan fingerprint density at radius 1 is 0.557 bits per heavy atom. The fourth-order valence-electron chi connectivity index (χ4n) is 8.66. The molecule has 0 saturated heterocycles. The lowest BCUT2D eigenvalue weighted by Gasteiger charge is -2.23. The Morgan fingerprint density at radius 2 is 0.934 bits per heavy atom. The van der Waals surface area contributed by atoms with Gasteiger partial charge in [0.2, 0.25) is 0 Å². The molecule has 0 aromatic heterocycles. The van der Waals surface area contributed by atoms with Crippen LogP contribution in [0.2, 0.25) is 0 Å². The molecule has 0 fully saturated rings. The minimum atomic E-state index is -0.414. The van der Waals surface area contributed by atoms with Crippen LogP contribution in [0.15, 0.2) is 9.59 Å². The van der Waals surface area contributed by atoms with Crippen molar-refractivity contribution in [2.45, 2.75) is 259 Å². The summed E-state index contributed by atoms with van der Waals surface area (Å²) < 4.78 is 6.08. The molecule has 0 aliphatic carbocycles. The van der Waals surface area contributed by atoms with Crippen molar-refractivity contribution in [3.8, 4) is 0 Å². The third kappa shape index (κ3) is 33.8. The van der Waals surface area contributed by atoms with E-state index in [0.717, 1.165) is 64.1 Å². The monoisotopic (exact) mass is 862 g/mol. The maximum absolute atomic E-state index is 12.9. The number of rotatable bonds is 45. The molecule has 1 unspecified atom stereocenters. The Hall–Kier alpha value is -2.42. The Kier molecular flexibility index (Phi) is 42.4. The smallest absolute Gasteiger partial charge is 0.306 e. The van der Waals surface area contributed by atoms with Crippen molar-refractivity contribution < 1.29 is 19.4 Å². The van der Waals surface area contributed by atoms with Gasteiger partial charge in [0.05, 0.1) is 0 Å². The van der Waals surface area contributed by atoms with Gasteiger partial charge in [-0.2, -0.15) is 0 Å². The van der Waals surface area contributed by atoms with Gasteiger partial charge in [-0.25, -0.2) is 0 Å². The highest BCUT2D eigenvalue weighted by molar-refractivity contribution is 5.73. The number of ether oxygens (including phenoxy) is 1. The third-order valence-corrected chi connectivity index (χ3v) is 12.7. The van der Waals surface area contributed by atoms with Crippen molar-refractivity contribution in [2.75, 3.05) is 43.9 Å². The molecule has 0 radical (unpaired) electrons. The highest BCUT2D eigenvalue weighted by Gasteiger charge is 2.19. The van der Waals surface area contributed by atoms with E-state index in [1.807, 2.05) is 0 Å². The molecule has 0 spiro atoms. The minimum Gasteiger partial charge on any atom is -0.483 e. The molecule has 0 bridgehead atoms. The standard InChI is InChI=1S/C51H97N3O4.CH2O2/c1-6-10-13-16-21-28-36-45(9-4)37-29-22-19-26-33-42-54(44-35-41-53-49-48(52-5)50(56)51(49)57)43-34-27-20-25-32-40-47(55)58-46(38-30-23-17-14-11-7-2)39-31-24-18-15-12-8-3;2-1-3/h45-46,52-53H,6-44H2,1-5H3;1H,(H,2,3). The largest absolute Gasteiger partial charge is 0.483 e. The second-order valence-electron chi connectivity index (χ2n) is 18.0. The van der Waals surface area contributed by atoms with Gasteiger partial charge in [-0.3, -0.25) is 19.2 Å². The number of hydrogen-bond acceptors (Lipinski definition) is 8. The molecule has 1 aromatic carbocycles. The topological polar surface area (TPSA) is 125 Å². The summed E-state index contributed by atoms with van der Waals surface area (Å²) in [7, 11) is 1.69. The van der Waals surface area contributed by atoms with Gasteiger partial charge in [-0.15, -0.1) is 0 Å². The fourth-order valence-corrected chi connectivity index (χ4v) is 8.66. The molecule has 1 atom stereocenters. The second-order valence-corrected chi connectivity index (χ2v) is 18.0. The molecule has 61 heavy (non-hydrogen) atoms. The first-order chi connectivity index (χ1) is 29.8. The van der Waals surface area contributed by atoms with Gasteiger partial charge in [-0.05, 0) is 76.9 Å². The van der Waals surface area contributed by atoms with Crippen LogP contribution in [-0.4, -0.2) is 61.8 Å². The lowest BCUT2D eigenvalue weighted by atomic mass is 9.92. The molecule has 358 valence electrons. The number of carboxylic acid groups (broad SMARTS) is 1. The number of unbranched alkanes of at least 4 members (excludes halogenated alkanes) is 23. The summed E-state index contributed by atoms with van der Waals surface area (Å²) in [5.74, 6) is 0.940. The summed E-state index contributed by atoms with van der Waals surface area (Å²) in [5, 5.41) is 13.0. The Labute approximate surface area is 375 Å². The van der Waals surface area contributed by atoms with E-state index in [0.29, 0.717) is 24.3 Å². The van der Waals surface area contributed by atoms with Crippen LogP contribution in [0.25, 0.3) is 0 Å². The van der Waals surface area contributed by atoms with Crippen molar-refractivity contribution in [1.29, 1.82) is 0 Å². The number of esters is 1. The summed E-state index contributed by atoms with van der Waals surface area (Å²) in [6.45, 7) is 12.9. The Bertz CT molecular complexity index is 1170. The zero-order valence-electron chi connectivity index (χ0n) is 40.7. The summed E-state index contributed by atoms with van der Waals surface area (Å²) >= 11 is 0. The number of anilines is 2. The van der Waals surface area contributed by atoms with E-state index in [-0.39, 0.29) is 18.5 Å². The summed E-state index contributed by atoms with van der Waals surface area (Å²) in [6, 6.07) is 0. The van der Waals surface area contributed by atoms with Crippen molar-refractivity contribution in [3.05, 3.63) is 20.4 Å². The second kappa shape index (κ2) is 44.2. The van der Waals surface area contributed by atoms with Gasteiger partial charge in [0.25, 0.3) is 17.3 Å². The highest BCUT2D eigenvalue weighted by Crippen LogP contribution is 2.22. The molecular formula is C52H99N3O6. The molecule has 0 saturated carbocycles. The lowest BCUT2D eigenvalue weighted by Crippen LogP contribution is -2.37. The first kappa shape index (κ1) is 58.6. The molecule has 0 heterocycles. The van der Waals surface area contributed by atoms with Crippen LogP contribution in [0.1, 0.15) is 252 Å². The number of carbonyl (C=O) groups is 2. The van der Waals surface area contributed by atoms with Crippen molar-refractivity contribution >= 4 is 23.8 Å². The van der Waals surface area contributed by atoms with Crippen LogP contribution in [0.4, 0.5) is 11.4 Å². The summed E-state index contributed by atoms with van der Waals surface area (Å²) in [4.78, 5) is 47.6. The molecule has 0 aliphatic heterocycles. The van der Waals surface area contributed by atoms with Gasteiger partial charge in [0.15, 0.2) is 0 Å². The molecule has 9 nitrogen and oxygen atoms in total. The summed E-state index contributed by atoms with van der Waals surface area (Å²) in [6.07, 6.45) is 43.8. The van der Waals surface area contributed by atoms with Gasteiger partial charge in [0, 0.05) is 20.0 Å². The number of hydrogen-bond donors (Lipinski definition) is 3. The molecule has 9 heteroatoms. The van der Waals surface area contributed by atoms with Crippen molar-refractivity contribution in [1.82, 2.24) is 4.90 Å². The average molecular weight is 862 g/mol. The summed E-state index contributed by atoms with van der Waals surface area (Å²) in [5.41, 5.74) is 0.0568. The van der Waals surface area contributed by atoms with Crippen LogP contribution >= 0.6 is 0 Å². The van der Waals surface area contributed by atoms with Gasteiger partial charge >= 0.3 is 5.97 Å². The van der Waals surface area contributed by atoms with Crippen molar-refractivity contribution in [3.63, 3.8) is 0 Å². The molecule has 1 rings (SSSR count). The number of nitrogens with zero attached hydrogens (tertiary/aromatic N) is 1. The van der Waals surface area contributed by atoms with Gasteiger partial charge in [0.1, 0.15) is 17.5 Å². The first-order valence-corrected chi connectivity index (χ1v) is 26.1. The van der Waals surface area contributed by atoms with E-state index in [1.165, 1.54) is 180 Å².